The minimum atomic E-state index is -2.87. The van der Waals surface area contributed by atoms with Crippen molar-refractivity contribution in [2.45, 2.75) is 57.6 Å². The van der Waals surface area contributed by atoms with Crippen molar-refractivity contribution in [2.75, 3.05) is 5.75 Å². The normalized spacial score (nSPS) is 11.7. The Balaban J connectivity index is 1.61. The predicted octanol–water partition coefficient (Wildman–Crippen LogP) is 5.80. The van der Waals surface area contributed by atoms with E-state index in [-0.39, 0.29) is 5.25 Å². The maximum absolute atomic E-state index is 11.7. The van der Waals surface area contributed by atoms with E-state index < -0.39 is 9.84 Å². The highest BCUT2D eigenvalue weighted by atomic mass is 32.2. The molecule has 0 atom stereocenters. The van der Waals surface area contributed by atoms with Gasteiger partial charge < -0.3 is 4.74 Å². The zero-order valence-electron chi connectivity index (χ0n) is 15.9. The van der Waals surface area contributed by atoms with Gasteiger partial charge in [-0.05, 0) is 62.9 Å². The molecule has 0 aliphatic carbocycles. The lowest BCUT2D eigenvalue weighted by Crippen LogP contribution is -2.17. The standard InChI is InChI=1S/C22H30O3S/c1-19(2)26(23,24)18-10-5-3-4-7-11-20-14-16-22(17-15-20)25-21-12-8-6-9-13-21/h6,8-9,12-17,19H,3-5,7,10-11,18H2,1-2H3. The summed E-state index contributed by atoms with van der Waals surface area (Å²) in [5.41, 5.74) is 1.31. The van der Waals surface area contributed by atoms with Gasteiger partial charge >= 0.3 is 0 Å². The van der Waals surface area contributed by atoms with Crippen LogP contribution in [-0.2, 0) is 16.3 Å². The van der Waals surface area contributed by atoms with E-state index in [1.807, 2.05) is 42.5 Å². The molecule has 0 fully saturated rings. The Bertz CT molecular complexity index is 735. The van der Waals surface area contributed by atoms with Gasteiger partial charge in [0.25, 0.3) is 0 Å². The summed E-state index contributed by atoms with van der Waals surface area (Å²) in [5, 5.41) is -0.253. The summed E-state index contributed by atoms with van der Waals surface area (Å²) >= 11 is 0. The number of sulfone groups is 1. The van der Waals surface area contributed by atoms with Crippen molar-refractivity contribution in [1.82, 2.24) is 0 Å². The second-order valence-electron chi connectivity index (χ2n) is 6.99. The van der Waals surface area contributed by atoms with Crippen LogP contribution in [0.25, 0.3) is 0 Å². The first-order valence-electron chi connectivity index (χ1n) is 9.51. The number of aryl methyl sites for hydroxylation is 1. The van der Waals surface area contributed by atoms with Gasteiger partial charge in [0.1, 0.15) is 11.5 Å². The number of rotatable bonds is 11. The van der Waals surface area contributed by atoms with Crippen LogP contribution in [0, 0.1) is 0 Å². The van der Waals surface area contributed by atoms with E-state index in [2.05, 4.69) is 12.1 Å². The van der Waals surface area contributed by atoms with E-state index in [0.717, 1.165) is 50.0 Å². The van der Waals surface area contributed by atoms with Crippen molar-refractivity contribution in [3.63, 3.8) is 0 Å². The van der Waals surface area contributed by atoms with Gasteiger partial charge in [-0.2, -0.15) is 0 Å². The summed E-state index contributed by atoms with van der Waals surface area (Å²) in [7, 11) is -2.87. The summed E-state index contributed by atoms with van der Waals surface area (Å²) < 4.78 is 29.3. The van der Waals surface area contributed by atoms with Crippen LogP contribution in [0.15, 0.2) is 54.6 Å². The van der Waals surface area contributed by atoms with Gasteiger partial charge in [-0.3, -0.25) is 0 Å². The van der Waals surface area contributed by atoms with Gasteiger partial charge in [-0.25, -0.2) is 8.42 Å². The third-order valence-corrected chi connectivity index (χ3v) is 6.81. The molecule has 4 heteroatoms. The Labute approximate surface area is 158 Å². The highest BCUT2D eigenvalue weighted by Crippen LogP contribution is 2.21. The van der Waals surface area contributed by atoms with Gasteiger partial charge in [-0.15, -0.1) is 0 Å². The summed E-state index contributed by atoms with van der Waals surface area (Å²) in [6.45, 7) is 3.51. The largest absolute Gasteiger partial charge is 0.457 e. The molecule has 3 nitrogen and oxygen atoms in total. The van der Waals surface area contributed by atoms with Crippen molar-refractivity contribution >= 4 is 9.84 Å². The zero-order valence-corrected chi connectivity index (χ0v) is 16.7. The van der Waals surface area contributed by atoms with Crippen molar-refractivity contribution in [1.29, 1.82) is 0 Å². The minimum absolute atomic E-state index is 0.253. The first-order valence-corrected chi connectivity index (χ1v) is 11.2. The molecule has 2 aromatic rings. The lowest BCUT2D eigenvalue weighted by Gasteiger charge is -2.08. The van der Waals surface area contributed by atoms with E-state index in [9.17, 15) is 8.42 Å². The topological polar surface area (TPSA) is 43.4 Å². The molecule has 0 heterocycles. The number of ether oxygens (including phenoxy) is 1. The molecule has 0 amide bonds. The Hall–Kier alpha value is -1.81. The van der Waals surface area contributed by atoms with Gasteiger partial charge in [0, 0.05) is 0 Å². The van der Waals surface area contributed by atoms with Crippen molar-refractivity contribution in [3.05, 3.63) is 60.2 Å². The Morgan fingerprint density at radius 1 is 0.769 bits per heavy atom. The molecule has 0 radical (unpaired) electrons. The van der Waals surface area contributed by atoms with Crippen LogP contribution < -0.4 is 4.74 Å². The molecule has 0 aliphatic heterocycles. The average Bonchev–Trinajstić information content (AvgIpc) is 2.63. The maximum Gasteiger partial charge on any atom is 0.152 e. The predicted molar refractivity (Wildman–Crippen MR) is 109 cm³/mol. The summed E-state index contributed by atoms with van der Waals surface area (Å²) in [5.74, 6) is 2.03. The van der Waals surface area contributed by atoms with E-state index in [1.54, 1.807) is 13.8 Å². The number of unbranched alkanes of at least 4 members (excludes halogenated alkanes) is 4. The van der Waals surface area contributed by atoms with Gasteiger partial charge in [0.05, 0.1) is 11.0 Å². The third-order valence-electron chi connectivity index (χ3n) is 4.51. The lowest BCUT2D eigenvalue weighted by atomic mass is 10.1. The fourth-order valence-corrected chi connectivity index (χ4v) is 3.83. The summed E-state index contributed by atoms with van der Waals surface area (Å²) in [6, 6.07) is 18.0. The number of para-hydroxylation sites is 1. The maximum atomic E-state index is 11.7. The second-order valence-corrected chi connectivity index (χ2v) is 9.67. The van der Waals surface area contributed by atoms with Crippen LogP contribution >= 0.6 is 0 Å². The fourth-order valence-electron chi connectivity index (χ4n) is 2.75. The number of hydrogen-bond acceptors (Lipinski definition) is 3. The fraction of sp³-hybridized carbons (Fsp3) is 0.455. The first kappa shape index (κ1) is 20.5. The highest BCUT2D eigenvalue weighted by molar-refractivity contribution is 7.91. The molecular weight excluding hydrogens is 344 g/mol. The van der Waals surface area contributed by atoms with Crippen LogP contribution in [0.2, 0.25) is 0 Å². The second kappa shape index (κ2) is 10.4. The lowest BCUT2D eigenvalue weighted by molar-refractivity contribution is 0.482. The molecule has 0 saturated carbocycles. The van der Waals surface area contributed by atoms with Crippen molar-refractivity contribution in [3.8, 4) is 11.5 Å². The SMILES string of the molecule is CC(C)S(=O)(=O)CCCCCCCc1ccc(Oc2ccccc2)cc1. The van der Waals surface area contributed by atoms with E-state index >= 15 is 0 Å². The highest BCUT2D eigenvalue weighted by Gasteiger charge is 2.14. The molecule has 26 heavy (non-hydrogen) atoms. The van der Waals surface area contributed by atoms with Gasteiger partial charge in [0.15, 0.2) is 9.84 Å². The molecule has 0 unspecified atom stereocenters. The Morgan fingerprint density at radius 2 is 1.35 bits per heavy atom. The zero-order chi connectivity index (χ0) is 18.8. The average molecular weight is 375 g/mol. The van der Waals surface area contributed by atoms with E-state index in [1.165, 1.54) is 5.56 Å². The van der Waals surface area contributed by atoms with Crippen molar-refractivity contribution < 1.29 is 13.2 Å². The van der Waals surface area contributed by atoms with E-state index in [0.29, 0.717) is 5.75 Å². The molecule has 0 bridgehead atoms. The van der Waals surface area contributed by atoms with Crippen molar-refractivity contribution in [2.24, 2.45) is 0 Å². The minimum Gasteiger partial charge on any atom is -0.457 e. The van der Waals surface area contributed by atoms with Gasteiger partial charge in [-0.1, -0.05) is 49.6 Å². The van der Waals surface area contributed by atoms with Gasteiger partial charge in [0.2, 0.25) is 0 Å². The molecule has 0 N–H and O–H groups in total. The number of benzene rings is 2. The van der Waals surface area contributed by atoms with E-state index in [4.69, 9.17) is 4.74 Å². The quantitative estimate of drug-likeness (QED) is 0.467. The van der Waals surface area contributed by atoms with Crippen LogP contribution in [0.1, 0.15) is 51.5 Å². The third kappa shape index (κ3) is 7.20. The molecular formula is C22H30O3S. The monoisotopic (exact) mass is 374 g/mol. The molecule has 0 saturated heterocycles. The number of hydrogen-bond donors (Lipinski definition) is 0. The molecule has 0 aromatic heterocycles. The molecule has 0 spiro atoms. The van der Waals surface area contributed by atoms with Crippen LogP contribution in [-0.4, -0.2) is 19.4 Å². The van der Waals surface area contributed by atoms with Crippen LogP contribution in [0.4, 0.5) is 0 Å². The Morgan fingerprint density at radius 3 is 2.00 bits per heavy atom. The molecule has 0 aliphatic rings. The van der Waals surface area contributed by atoms with Crippen LogP contribution in [0.3, 0.4) is 0 Å². The summed E-state index contributed by atoms with van der Waals surface area (Å²) in [6.07, 6.45) is 6.21. The Kier molecular flexibility index (Phi) is 8.17. The molecule has 2 aromatic carbocycles. The molecule has 2 rings (SSSR count). The van der Waals surface area contributed by atoms with Crippen LogP contribution in [0.5, 0.6) is 11.5 Å². The smallest absolute Gasteiger partial charge is 0.152 e. The first-order chi connectivity index (χ1) is 12.5. The summed E-state index contributed by atoms with van der Waals surface area (Å²) in [4.78, 5) is 0. The molecule has 142 valence electrons.